The van der Waals surface area contributed by atoms with Gasteiger partial charge in [0.1, 0.15) is 6.04 Å². The zero-order valence-electron chi connectivity index (χ0n) is 17.5. The highest BCUT2D eigenvalue weighted by Gasteiger charge is 2.29. The summed E-state index contributed by atoms with van der Waals surface area (Å²) in [6.45, 7) is 1.91. The maximum absolute atomic E-state index is 13.3. The second-order valence-corrected chi connectivity index (χ2v) is 9.30. The minimum atomic E-state index is -0.658. The van der Waals surface area contributed by atoms with Crippen molar-refractivity contribution in [3.63, 3.8) is 0 Å². The molecule has 1 fully saturated rings. The molecule has 0 heterocycles. The SMILES string of the molecule is C[C@@H](C(=O)NC1CCCCC1)N(Cc1c(Cl)cccc1Cl)C(=O)Cc1ccc(Cl)cc1. The summed E-state index contributed by atoms with van der Waals surface area (Å²) >= 11 is 18.7. The van der Waals surface area contributed by atoms with Crippen LogP contribution in [0, 0.1) is 0 Å². The van der Waals surface area contributed by atoms with Gasteiger partial charge in [0.2, 0.25) is 11.8 Å². The largest absolute Gasteiger partial charge is 0.352 e. The molecule has 166 valence electrons. The molecule has 2 aromatic carbocycles. The zero-order valence-corrected chi connectivity index (χ0v) is 19.8. The summed E-state index contributed by atoms with van der Waals surface area (Å²) < 4.78 is 0. The Labute approximate surface area is 198 Å². The van der Waals surface area contributed by atoms with Crippen molar-refractivity contribution >= 4 is 46.6 Å². The topological polar surface area (TPSA) is 49.4 Å². The van der Waals surface area contributed by atoms with Gasteiger partial charge < -0.3 is 10.2 Å². The van der Waals surface area contributed by atoms with Crippen molar-refractivity contribution in [2.24, 2.45) is 0 Å². The van der Waals surface area contributed by atoms with Gasteiger partial charge in [-0.15, -0.1) is 0 Å². The molecule has 0 bridgehead atoms. The number of amides is 2. The Hall–Kier alpha value is -1.75. The third-order valence-corrected chi connectivity index (χ3v) is 6.74. The van der Waals surface area contributed by atoms with Crippen LogP contribution in [0.15, 0.2) is 42.5 Å². The van der Waals surface area contributed by atoms with Crippen LogP contribution in [-0.4, -0.2) is 28.8 Å². The molecule has 0 aliphatic heterocycles. The summed E-state index contributed by atoms with van der Waals surface area (Å²) in [7, 11) is 0. The molecular weight excluding hydrogens is 455 g/mol. The van der Waals surface area contributed by atoms with Crippen LogP contribution >= 0.6 is 34.8 Å². The lowest BCUT2D eigenvalue weighted by Crippen LogP contribution is -2.50. The van der Waals surface area contributed by atoms with E-state index in [1.165, 1.54) is 6.42 Å². The number of carbonyl (C=O) groups excluding carboxylic acids is 2. The molecule has 1 atom stereocenters. The van der Waals surface area contributed by atoms with Gasteiger partial charge in [-0.3, -0.25) is 9.59 Å². The van der Waals surface area contributed by atoms with Gasteiger partial charge >= 0.3 is 0 Å². The smallest absolute Gasteiger partial charge is 0.242 e. The van der Waals surface area contributed by atoms with Gasteiger partial charge in [0.25, 0.3) is 0 Å². The molecule has 2 amide bonds. The molecule has 7 heteroatoms. The predicted molar refractivity (Wildman–Crippen MR) is 127 cm³/mol. The molecular formula is C24H27Cl3N2O2. The fourth-order valence-electron chi connectivity index (χ4n) is 3.88. The summed E-state index contributed by atoms with van der Waals surface area (Å²) in [6.07, 6.45) is 5.56. The van der Waals surface area contributed by atoms with Crippen LogP contribution in [0.1, 0.15) is 50.2 Å². The molecule has 1 N–H and O–H groups in total. The molecule has 0 saturated heterocycles. The molecule has 3 rings (SSSR count). The van der Waals surface area contributed by atoms with Crippen molar-refractivity contribution in [2.45, 2.75) is 64.1 Å². The van der Waals surface area contributed by atoms with Crippen LogP contribution in [0.4, 0.5) is 0 Å². The third-order valence-electron chi connectivity index (χ3n) is 5.78. The van der Waals surface area contributed by atoms with Crippen molar-refractivity contribution in [1.82, 2.24) is 10.2 Å². The molecule has 1 saturated carbocycles. The van der Waals surface area contributed by atoms with Crippen LogP contribution in [0.3, 0.4) is 0 Å². The highest BCUT2D eigenvalue weighted by Crippen LogP contribution is 2.27. The van der Waals surface area contributed by atoms with Crippen LogP contribution < -0.4 is 5.32 Å². The molecule has 1 aliphatic rings. The Bertz CT molecular complexity index is 891. The number of halogens is 3. The fourth-order valence-corrected chi connectivity index (χ4v) is 4.53. The van der Waals surface area contributed by atoms with E-state index >= 15 is 0 Å². The van der Waals surface area contributed by atoms with E-state index in [1.54, 1.807) is 42.2 Å². The average molecular weight is 482 g/mol. The third kappa shape index (κ3) is 6.61. The number of benzene rings is 2. The van der Waals surface area contributed by atoms with Crippen molar-refractivity contribution in [3.05, 3.63) is 68.7 Å². The molecule has 1 aliphatic carbocycles. The first-order valence-corrected chi connectivity index (χ1v) is 11.8. The van der Waals surface area contributed by atoms with E-state index < -0.39 is 6.04 Å². The summed E-state index contributed by atoms with van der Waals surface area (Å²) in [5.41, 5.74) is 1.46. The molecule has 2 aromatic rings. The molecule has 0 spiro atoms. The van der Waals surface area contributed by atoms with Crippen LogP contribution in [0.25, 0.3) is 0 Å². The highest BCUT2D eigenvalue weighted by molar-refractivity contribution is 6.36. The fraction of sp³-hybridized carbons (Fsp3) is 0.417. The number of hydrogen-bond acceptors (Lipinski definition) is 2. The quantitative estimate of drug-likeness (QED) is 0.523. The number of nitrogens with zero attached hydrogens (tertiary/aromatic N) is 1. The molecule has 4 nitrogen and oxygen atoms in total. The van der Waals surface area contributed by atoms with Gasteiger partial charge in [-0.2, -0.15) is 0 Å². The number of hydrogen-bond donors (Lipinski definition) is 1. The predicted octanol–water partition coefficient (Wildman–Crippen LogP) is 6.06. The Kier molecular flexibility index (Phi) is 8.65. The van der Waals surface area contributed by atoms with E-state index in [4.69, 9.17) is 34.8 Å². The lowest BCUT2D eigenvalue weighted by molar-refractivity contribution is -0.140. The molecule has 31 heavy (non-hydrogen) atoms. The summed E-state index contributed by atoms with van der Waals surface area (Å²) in [4.78, 5) is 27.9. The van der Waals surface area contributed by atoms with Crippen molar-refractivity contribution in [1.29, 1.82) is 0 Å². The number of carbonyl (C=O) groups is 2. The lowest BCUT2D eigenvalue weighted by atomic mass is 9.95. The maximum Gasteiger partial charge on any atom is 0.242 e. The molecule has 0 aromatic heterocycles. The lowest BCUT2D eigenvalue weighted by Gasteiger charge is -2.31. The minimum Gasteiger partial charge on any atom is -0.352 e. The monoisotopic (exact) mass is 480 g/mol. The van der Waals surface area contributed by atoms with E-state index in [-0.39, 0.29) is 30.8 Å². The summed E-state index contributed by atoms with van der Waals surface area (Å²) in [5, 5.41) is 4.67. The first-order valence-electron chi connectivity index (χ1n) is 10.6. The second-order valence-electron chi connectivity index (χ2n) is 8.04. The van der Waals surface area contributed by atoms with Gasteiger partial charge in [0.15, 0.2) is 0 Å². The first-order chi connectivity index (χ1) is 14.8. The van der Waals surface area contributed by atoms with Gasteiger partial charge in [0, 0.05) is 33.2 Å². The van der Waals surface area contributed by atoms with E-state index in [1.807, 2.05) is 12.1 Å². The minimum absolute atomic E-state index is 0.153. The van der Waals surface area contributed by atoms with E-state index in [2.05, 4.69) is 5.32 Å². The van der Waals surface area contributed by atoms with Gasteiger partial charge in [-0.1, -0.05) is 72.3 Å². The van der Waals surface area contributed by atoms with Gasteiger partial charge in [-0.05, 0) is 49.6 Å². The Balaban J connectivity index is 1.80. The normalized spacial score (nSPS) is 15.4. The van der Waals surface area contributed by atoms with Crippen molar-refractivity contribution in [2.75, 3.05) is 0 Å². The summed E-state index contributed by atoms with van der Waals surface area (Å²) in [6, 6.07) is 11.9. The Morgan fingerprint density at radius 3 is 2.23 bits per heavy atom. The highest BCUT2D eigenvalue weighted by atomic mass is 35.5. The number of rotatable bonds is 7. The van der Waals surface area contributed by atoms with Crippen LogP contribution in [0.2, 0.25) is 15.1 Å². The summed E-state index contributed by atoms with van der Waals surface area (Å²) in [5.74, 6) is -0.330. The van der Waals surface area contributed by atoms with Crippen molar-refractivity contribution < 1.29 is 9.59 Å². The molecule has 0 radical (unpaired) electrons. The zero-order chi connectivity index (χ0) is 22.4. The first kappa shape index (κ1) is 23.9. The van der Waals surface area contributed by atoms with E-state index in [0.29, 0.717) is 20.6 Å². The van der Waals surface area contributed by atoms with Crippen LogP contribution in [0.5, 0.6) is 0 Å². The second kappa shape index (κ2) is 11.2. The van der Waals surface area contributed by atoms with E-state index in [9.17, 15) is 9.59 Å². The average Bonchev–Trinajstić information content (AvgIpc) is 2.75. The van der Waals surface area contributed by atoms with Gasteiger partial charge in [-0.25, -0.2) is 0 Å². The van der Waals surface area contributed by atoms with Crippen molar-refractivity contribution in [3.8, 4) is 0 Å². The standard InChI is InChI=1S/C24H27Cl3N2O2/c1-16(24(31)28-19-6-3-2-4-7-19)29(15-20-21(26)8-5-9-22(20)27)23(30)14-17-10-12-18(25)13-11-17/h5,8-13,16,19H,2-4,6-7,14-15H2,1H3,(H,28,31)/t16-/m0/s1. The van der Waals surface area contributed by atoms with Gasteiger partial charge in [0.05, 0.1) is 6.42 Å². The number of nitrogens with one attached hydrogen (secondary N) is 1. The Morgan fingerprint density at radius 2 is 1.61 bits per heavy atom. The maximum atomic E-state index is 13.3. The van der Waals surface area contributed by atoms with E-state index in [0.717, 1.165) is 31.2 Å². The Morgan fingerprint density at radius 1 is 1.00 bits per heavy atom. The molecule has 0 unspecified atom stereocenters. The van der Waals surface area contributed by atoms with Crippen LogP contribution in [-0.2, 0) is 22.6 Å².